The number of aliphatic carboxylic acids is 1. The molecule has 1 unspecified atom stereocenters. The minimum atomic E-state index is -0.670. The number of nitrogens with zero attached hydrogens (tertiary/aromatic N) is 1. The Hall–Kier alpha value is -1.34. The van der Waals surface area contributed by atoms with Crippen molar-refractivity contribution in [3.05, 3.63) is 0 Å². The highest BCUT2D eigenvalue weighted by Crippen LogP contribution is 2.27. The molecule has 39 heavy (non-hydrogen) atoms. The van der Waals surface area contributed by atoms with Gasteiger partial charge in [-0.05, 0) is 45.4 Å². The van der Waals surface area contributed by atoms with E-state index in [0.717, 1.165) is 44.9 Å². The van der Waals surface area contributed by atoms with Crippen molar-refractivity contribution >= 4 is 12.1 Å². The van der Waals surface area contributed by atoms with Crippen LogP contribution in [0.4, 0.5) is 4.79 Å². The lowest BCUT2D eigenvalue weighted by Crippen LogP contribution is -2.36. The minimum Gasteiger partial charge on any atom is -0.481 e. The van der Waals surface area contributed by atoms with E-state index in [4.69, 9.17) is 14.2 Å². The zero-order valence-corrected chi connectivity index (χ0v) is 26.2. The van der Waals surface area contributed by atoms with Crippen LogP contribution in [0.15, 0.2) is 0 Å². The molecular formula is C32H63NO6. The summed E-state index contributed by atoms with van der Waals surface area (Å²) in [5.41, 5.74) is 0. The molecular weight excluding hydrogens is 494 g/mol. The molecule has 0 bridgehead atoms. The van der Waals surface area contributed by atoms with Crippen molar-refractivity contribution in [2.24, 2.45) is 11.8 Å². The van der Waals surface area contributed by atoms with Crippen LogP contribution in [-0.4, -0.2) is 61.3 Å². The van der Waals surface area contributed by atoms with Gasteiger partial charge in [0.1, 0.15) is 6.61 Å². The van der Waals surface area contributed by atoms with Crippen molar-refractivity contribution in [3.8, 4) is 0 Å². The van der Waals surface area contributed by atoms with Gasteiger partial charge in [0.25, 0.3) is 0 Å². The topological polar surface area (TPSA) is 85.3 Å². The van der Waals surface area contributed by atoms with E-state index in [1.165, 1.54) is 57.8 Å². The predicted molar refractivity (Wildman–Crippen MR) is 160 cm³/mol. The summed E-state index contributed by atoms with van der Waals surface area (Å²) < 4.78 is 16.6. The number of ether oxygens (including phenoxy) is 3. The van der Waals surface area contributed by atoms with E-state index in [-0.39, 0.29) is 18.6 Å². The first kappa shape index (κ1) is 37.7. The number of rotatable bonds is 28. The molecule has 1 amide bonds. The van der Waals surface area contributed by atoms with Crippen LogP contribution >= 0.6 is 0 Å². The summed E-state index contributed by atoms with van der Waals surface area (Å²) in [5, 5.41) is 9.95. The second-order valence-electron chi connectivity index (χ2n) is 10.9. The van der Waals surface area contributed by atoms with E-state index in [1.54, 1.807) is 4.90 Å². The molecule has 7 nitrogen and oxygen atoms in total. The van der Waals surface area contributed by atoms with Crippen molar-refractivity contribution in [1.82, 2.24) is 4.90 Å². The summed E-state index contributed by atoms with van der Waals surface area (Å²) in [7, 11) is 0. The Morgan fingerprint density at radius 1 is 0.667 bits per heavy atom. The third-order valence-electron chi connectivity index (χ3n) is 7.47. The maximum Gasteiger partial charge on any atom is 0.409 e. The fourth-order valence-electron chi connectivity index (χ4n) is 5.13. The third-order valence-corrected chi connectivity index (χ3v) is 7.47. The minimum absolute atomic E-state index is 0.0748. The molecule has 7 heteroatoms. The van der Waals surface area contributed by atoms with Gasteiger partial charge < -0.3 is 24.2 Å². The number of hydrogen-bond donors (Lipinski definition) is 1. The van der Waals surface area contributed by atoms with Gasteiger partial charge in [-0.25, -0.2) is 4.79 Å². The van der Waals surface area contributed by atoms with Crippen molar-refractivity contribution in [2.75, 3.05) is 32.9 Å². The van der Waals surface area contributed by atoms with E-state index in [2.05, 4.69) is 20.8 Å². The Balaban J connectivity index is 4.90. The van der Waals surface area contributed by atoms with Crippen LogP contribution in [0.3, 0.4) is 0 Å². The molecule has 1 atom stereocenters. The molecule has 0 aromatic rings. The molecule has 232 valence electrons. The molecule has 0 rings (SSSR count). The second-order valence-corrected chi connectivity index (χ2v) is 10.9. The maximum absolute atomic E-state index is 12.9. The molecule has 0 aliphatic heterocycles. The summed E-state index contributed by atoms with van der Waals surface area (Å²) in [6.07, 6.45) is 17.3. The van der Waals surface area contributed by atoms with Crippen molar-refractivity contribution in [2.45, 2.75) is 150 Å². The van der Waals surface area contributed by atoms with Gasteiger partial charge in [-0.1, -0.05) is 104 Å². The first-order valence-corrected chi connectivity index (χ1v) is 16.3. The number of unbranched alkanes of at least 4 members (excludes halogenated alkanes) is 9. The summed E-state index contributed by atoms with van der Waals surface area (Å²) >= 11 is 0. The van der Waals surface area contributed by atoms with E-state index in [1.807, 2.05) is 13.8 Å². The number of carbonyl (C=O) groups excluding carboxylic acids is 1. The molecule has 0 fully saturated rings. The SMILES string of the molecule is CCCCCCCN(CCCCC(CC(CCCCC)CCCCC)C(=O)O)C(=O)OCC(OCC)OCC. The largest absolute Gasteiger partial charge is 0.481 e. The van der Waals surface area contributed by atoms with Gasteiger partial charge in [0.05, 0.1) is 5.92 Å². The molecule has 1 N–H and O–H groups in total. The summed E-state index contributed by atoms with van der Waals surface area (Å²) in [6, 6.07) is 0. The Bertz CT molecular complexity index is 557. The third kappa shape index (κ3) is 21.1. The van der Waals surface area contributed by atoms with Crippen molar-refractivity contribution < 1.29 is 28.9 Å². The highest BCUT2D eigenvalue weighted by atomic mass is 16.7. The van der Waals surface area contributed by atoms with Gasteiger partial charge in [0, 0.05) is 26.3 Å². The first-order chi connectivity index (χ1) is 18.9. The average molecular weight is 558 g/mol. The Morgan fingerprint density at radius 3 is 1.67 bits per heavy atom. The van der Waals surface area contributed by atoms with Crippen LogP contribution in [0.5, 0.6) is 0 Å². The van der Waals surface area contributed by atoms with Crippen molar-refractivity contribution in [3.63, 3.8) is 0 Å². The molecule has 0 aromatic carbocycles. The van der Waals surface area contributed by atoms with Gasteiger partial charge in [-0.3, -0.25) is 4.79 Å². The monoisotopic (exact) mass is 557 g/mol. The van der Waals surface area contributed by atoms with Crippen LogP contribution in [0.2, 0.25) is 0 Å². The molecule has 0 saturated carbocycles. The normalized spacial score (nSPS) is 12.3. The quantitative estimate of drug-likeness (QED) is 0.0764. The first-order valence-electron chi connectivity index (χ1n) is 16.3. The van der Waals surface area contributed by atoms with Gasteiger partial charge in [0.15, 0.2) is 6.29 Å². The molecule has 0 saturated heterocycles. The van der Waals surface area contributed by atoms with Crippen LogP contribution in [0, 0.1) is 11.8 Å². The van der Waals surface area contributed by atoms with Gasteiger partial charge >= 0.3 is 12.1 Å². The number of carboxylic acids is 1. The predicted octanol–water partition coefficient (Wildman–Crippen LogP) is 8.83. The molecule has 0 spiro atoms. The number of hydrogen-bond acceptors (Lipinski definition) is 5. The Morgan fingerprint density at radius 2 is 1.15 bits per heavy atom. The Labute approximate surface area is 240 Å². The van der Waals surface area contributed by atoms with Crippen LogP contribution in [-0.2, 0) is 19.0 Å². The van der Waals surface area contributed by atoms with E-state index < -0.39 is 12.3 Å². The lowest BCUT2D eigenvalue weighted by atomic mass is 9.84. The summed E-state index contributed by atoms with van der Waals surface area (Å²) in [4.78, 5) is 26.8. The molecule has 0 aromatic heterocycles. The second kappa shape index (κ2) is 26.9. The fourth-order valence-corrected chi connectivity index (χ4v) is 5.13. The average Bonchev–Trinajstić information content (AvgIpc) is 2.91. The molecule has 0 aliphatic carbocycles. The molecule has 0 aliphatic rings. The van der Waals surface area contributed by atoms with Gasteiger partial charge in [-0.15, -0.1) is 0 Å². The summed E-state index contributed by atoms with van der Waals surface area (Å²) in [5.74, 6) is -0.468. The van der Waals surface area contributed by atoms with Crippen LogP contribution < -0.4 is 0 Å². The zero-order chi connectivity index (χ0) is 29.1. The lowest BCUT2D eigenvalue weighted by molar-refractivity contribution is -0.158. The molecule has 0 radical (unpaired) electrons. The highest BCUT2D eigenvalue weighted by Gasteiger charge is 2.23. The molecule has 0 heterocycles. The van der Waals surface area contributed by atoms with E-state index >= 15 is 0 Å². The van der Waals surface area contributed by atoms with Crippen molar-refractivity contribution in [1.29, 1.82) is 0 Å². The highest BCUT2D eigenvalue weighted by molar-refractivity contribution is 5.70. The number of carbonyl (C=O) groups is 2. The lowest BCUT2D eigenvalue weighted by Gasteiger charge is -2.25. The Kier molecular flexibility index (Phi) is 25.9. The van der Waals surface area contributed by atoms with E-state index in [9.17, 15) is 14.7 Å². The summed E-state index contributed by atoms with van der Waals surface area (Å²) in [6.45, 7) is 12.7. The van der Waals surface area contributed by atoms with E-state index in [0.29, 0.717) is 38.6 Å². The zero-order valence-electron chi connectivity index (χ0n) is 26.2. The standard InChI is InChI=1S/C32H63NO6/c1-6-11-14-15-19-24-33(32(36)39-27-30(37-9-4)38-10-5)25-20-18-23-29(31(34)35)26-28(21-16-12-7-2)22-17-13-8-3/h28-30H,6-27H2,1-5H3,(H,34,35). The number of amides is 1. The van der Waals surface area contributed by atoms with Gasteiger partial charge in [-0.2, -0.15) is 0 Å². The van der Waals surface area contributed by atoms with Gasteiger partial charge in [0.2, 0.25) is 0 Å². The maximum atomic E-state index is 12.9. The fraction of sp³-hybridized carbons (Fsp3) is 0.938. The van der Waals surface area contributed by atoms with Crippen LogP contribution in [0.1, 0.15) is 144 Å². The number of carboxylic acid groups (broad SMARTS) is 1. The smallest absolute Gasteiger partial charge is 0.409 e. The van der Waals surface area contributed by atoms with Crippen LogP contribution in [0.25, 0.3) is 0 Å².